The summed E-state index contributed by atoms with van der Waals surface area (Å²) in [6.45, 7) is 0. The van der Waals surface area contributed by atoms with Gasteiger partial charge in [0.2, 0.25) is 5.88 Å². The summed E-state index contributed by atoms with van der Waals surface area (Å²) < 4.78 is 4.91. The molecular weight excluding hydrogens is 274 g/mol. The third-order valence-corrected chi connectivity index (χ3v) is 2.57. The smallest absolute Gasteiger partial charge is 0.335 e. The van der Waals surface area contributed by atoms with Crippen LogP contribution in [0.4, 0.5) is 16.2 Å². The van der Waals surface area contributed by atoms with E-state index in [4.69, 9.17) is 9.84 Å². The van der Waals surface area contributed by atoms with Crippen molar-refractivity contribution in [1.29, 1.82) is 0 Å². The van der Waals surface area contributed by atoms with E-state index in [1.54, 1.807) is 24.3 Å². The fourth-order valence-corrected chi connectivity index (χ4v) is 1.60. The van der Waals surface area contributed by atoms with Crippen LogP contribution in [-0.4, -0.2) is 29.2 Å². The van der Waals surface area contributed by atoms with E-state index in [-0.39, 0.29) is 5.56 Å². The molecule has 0 saturated carbocycles. The van der Waals surface area contributed by atoms with Gasteiger partial charge in [-0.15, -0.1) is 0 Å². The molecule has 108 valence electrons. The van der Waals surface area contributed by atoms with E-state index in [0.717, 1.165) is 0 Å². The molecule has 3 N–H and O–H groups in total. The average Bonchev–Trinajstić information content (AvgIpc) is 2.48. The summed E-state index contributed by atoms with van der Waals surface area (Å²) in [7, 11) is 1.50. The first-order chi connectivity index (χ1) is 10.1. The fraction of sp³-hybridized carbons (Fsp3) is 0.0714. The van der Waals surface area contributed by atoms with Gasteiger partial charge in [-0.1, -0.05) is 6.07 Å². The number of benzene rings is 1. The molecule has 7 heteroatoms. The van der Waals surface area contributed by atoms with Crippen molar-refractivity contribution in [3.05, 3.63) is 48.2 Å². The van der Waals surface area contributed by atoms with E-state index in [2.05, 4.69) is 15.6 Å². The zero-order valence-corrected chi connectivity index (χ0v) is 11.2. The van der Waals surface area contributed by atoms with Gasteiger partial charge >= 0.3 is 12.0 Å². The molecule has 0 spiro atoms. The molecule has 0 unspecified atom stereocenters. The van der Waals surface area contributed by atoms with Gasteiger partial charge in [0.1, 0.15) is 0 Å². The number of hydrogen-bond acceptors (Lipinski definition) is 4. The molecule has 21 heavy (non-hydrogen) atoms. The summed E-state index contributed by atoms with van der Waals surface area (Å²) in [5.74, 6) is -0.617. The van der Waals surface area contributed by atoms with E-state index in [1.807, 2.05) is 0 Å². The maximum atomic E-state index is 11.8. The lowest BCUT2D eigenvalue weighted by Crippen LogP contribution is -2.19. The first-order valence-corrected chi connectivity index (χ1v) is 6.00. The number of carboxylic acids is 1. The summed E-state index contributed by atoms with van der Waals surface area (Å²) >= 11 is 0. The van der Waals surface area contributed by atoms with Crippen molar-refractivity contribution < 1.29 is 19.4 Å². The van der Waals surface area contributed by atoms with Crippen molar-refractivity contribution in [3.63, 3.8) is 0 Å². The van der Waals surface area contributed by atoms with Crippen molar-refractivity contribution in [2.45, 2.75) is 0 Å². The number of methoxy groups -OCH3 is 1. The van der Waals surface area contributed by atoms with Crippen molar-refractivity contribution in [1.82, 2.24) is 4.98 Å². The topological polar surface area (TPSA) is 101 Å². The van der Waals surface area contributed by atoms with Gasteiger partial charge in [-0.2, -0.15) is 0 Å². The van der Waals surface area contributed by atoms with E-state index < -0.39 is 12.0 Å². The number of nitrogens with one attached hydrogen (secondary N) is 2. The fourth-order valence-electron chi connectivity index (χ4n) is 1.60. The number of amides is 2. The Morgan fingerprint density at radius 2 is 1.90 bits per heavy atom. The molecule has 2 rings (SSSR count). The van der Waals surface area contributed by atoms with E-state index in [0.29, 0.717) is 17.3 Å². The van der Waals surface area contributed by atoms with Gasteiger partial charge in [-0.05, 0) is 24.3 Å². The van der Waals surface area contributed by atoms with Crippen LogP contribution in [0.2, 0.25) is 0 Å². The first kappa shape index (κ1) is 14.3. The molecule has 0 saturated heterocycles. The molecule has 2 amide bonds. The van der Waals surface area contributed by atoms with E-state index in [9.17, 15) is 9.59 Å². The highest BCUT2D eigenvalue weighted by Crippen LogP contribution is 2.13. The number of rotatable bonds is 4. The molecule has 0 aliphatic heterocycles. The molecule has 0 aliphatic rings. The number of nitrogens with zero attached hydrogens (tertiary/aromatic N) is 1. The van der Waals surface area contributed by atoms with Gasteiger partial charge < -0.3 is 20.5 Å². The van der Waals surface area contributed by atoms with Gasteiger partial charge in [-0.3, -0.25) is 0 Å². The summed E-state index contributed by atoms with van der Waals surface area (Å²) in [6.07, 6.45) is 1.45. The minimum Gasteiger partial charge on any atom is -0.481 e. The largest absolute Gasteiger partial charge is 0.481 e. The van der Waals surface area contributed by atoms with Crippen LogP contribution in [0, 0.1) is 0 Å². The van der Waals surface area contributed by atoms with Gasteiger partial charge in [-0.25, -0.2) is 14.6 Å². The predicted molar refractivity (Wildman–Crippen MR) is 76.8 cm³/mol. The van der Waals surface area contributed by atoms with E-state index in [1.165, 1.54) is 25.4 Å². The predicted octanol–water partition coefficient (Wildman–Crippen LogP) is 2.43. The number of urea groups is 1. The molecule has 1 aromatic heterocycles. The van der Waals surface area contributed by atoms with Crippen LogP contribution in [0.25, 0.3) is 0 Å². The highest BCUT2D eigenvalue weighted by atomic mass is 16.5. The van der Waals surface area contributed by atoms with Crippen molar-refractivity contribution in [2.75, 3.05) is 17.7 Å². The standard InChI is InChI=1S/C14H13N3O4/c1-21-12-6-5-11(8-15-12)17-14(20)16-10-4-2-3-9(7-10)13(18)19/h2-8H,1H3,(H,18,19)(H2,16,17,20). The van der Waals surface area contributed by atoms with Crippen LogP contribution < -0.4 is 15.4 Å². The van der Waals surface area contributed by atoms with E-state index >= 15 is 0 Å². The van der Waals surface area contributed by atoms with Crippen LogP contribution in [0.3, 0.4) is 0 Å². The van der Waals surface area contributed by atoms with Crippen LogP contribution in [0.15, 0.2) is 42.6 Å². The average molecular weight is 287 g/mol. The number of aromatic nitrogens is 1. The minimum atomic E-state index is -1.06. The third kappa shape index (κ3) is 3.93. The molecule has 0 fully saturated rings. The number of ether oxygens (including phenoxy) is 1. The van der Waals surface area contributed by atoms with Crippen LogP contribution in [-0.2, 0) is 0 Å². The van der Waals surface area contributed by atoms with Gasteiger partial charge in [0.15, 0.2) is 0 Å². The van der Waals surface area contributed by atoms with Crippen molar-refractivity contribution in [2.24, 2.45) is 0 Å². The third-order valence-electron chi connectivity index (χ3n) is 2.57. The Kier molecular flexibility index (Phi) is 4.35. The number of carbonyl (C=O) groups excluding carboxylic acids is 1. The normalized spacial score (nSPS) is 9.76. The van der Waals surface area contributed by atoms with Crippen LogP contribution >= 0.6 is 0 Å². The molecule has 0 aliphatic carbocycles. The molecule has 1 heterocycles. The molecule has 0 radical (unpaired) electrons. The molecular formula is C14H13N3O4. The summed E-state index contributed by atoms with van der Waals surface area (Å²) in [5, 5.41) is 14.0. The molecule has 7 nitrogen and oxygen atoms in total. The summed E-state index contributed by atoms with van der Waals surface area (Å²) in [6, 6.07) is 8.71. The molecule has 2 aromatic rings. The lowest BCUT2D eigenvalue weighted by atomic mass is 10.2. The zero-order chi connectivity index (χ0) is 15.2. The Hall–Kier alpha value is -3.09. The Morgan fingerprint density at radius 1 is 1.14 bits per heavy atom. The monoisotopic (exact) mass is 287 g/mol. The Labute approximate surface area is 120 Å². The summed E-state index contributed by atoms with van der Waals surface area (Å²) in [5.41, 5.74) is 0.968. The Bertz CT molecular complexity index is 656. The van der Waals surface area contributed by atoms with Gasteiger partial charge in [0.25, 0.3) is 0 Å². The lowest BCUT2D eigenvalue weighted by Gasteiger charge is -2.08. The van der Waals surface area contributed by atoms with Crippen LogP contribution in [0.1, 0.15) is 10.4 Å². The second-order valence-corrected chi connectivity index (χ2v) is 4.05. The second-order valence-electron chi connectivity index (χ2n) is 4.05. The number of pyridine rings is 1. The van der Waals surface area contributed by atoms with Gasteiger partial charge in [0.05, 0.1) is 24.6 Å². The number of aromatic carboxylic acids is 1. The molecule has 1 aromatic carbocycles. The van der Waals surface area contributed by atoms with Gasteiger partial charge in [0, 0.05) is 11.8 Å². The number of carboxylic acid groups (broad SMARTS) is 1. The second kappa shape index (κ2) is 6.38. The Morgan fingerprint density at radius 3 is 2.52 bits per heavy atom. The van der Waals surface area contributed by atoms with Crippen molar-refractivity contribution in [3.8, 4) is 5.88 Å². The first-order valence-electron chi connectivity index (χ1n) is 6.00. The Balaban J connectivity index is 2.00. The summed E-state index contributed by atoms with van der Waals surface area (Å²) in [4.78, 5) is 26.6. The quantitative estimate of drug-likeness (QED) is 0.801. The van der Waals surface area contributed by atoms with Crippen molar-refractivity contribution >= 4 is 23.4 Å². The lowest BCUT2D eigenvalue weighted by molar-refractivity contribution is 0.0697. The molecule has 0 bridgehead atoms. The minimum absolute atomic E-state index is 0.0962. The van der Waals surface area contributed by atoms with Crippen LogP contribution in [0.5, 0.6) is 5.88 Å². The maximum Gasteiger partial charge on any atom is 0.335 e. The zero-order valence-electron chi connectivity index (χ0n) is 11.2. The highest BCUT2D eigenvalue weighted by molar-refractivity contribution is 6.00. The SMILES string of the molecule is COc1ccc(NC(=O)Nc2cccc(C(=O)O)c2)cn1. The molecule has 0 atom stereocenters. The number of anilines is 2. The highest BCUT2D eigenvalue weighted by Gasteiger charge is 2.06. The number of carbonyl (C=O) groups is 2. The number of hydrogen-bond donors (Lipinski definition) is 3. The maximum absolute atomic E-state index is 11.8.